The Balaban J connectivity index is 2.53. The van der Waals surface area contributed by atoms with Crippen LogP contribution in [-0.4, -0.2) is 11.0 Å². The molecule has 0 saturated heterocycles. The Morgan fingerprint density at radius 1 is 1.50 bits per heavy atom. The Labute approximate surface area is 85.0 Å². The number of H-pyrrole nitrogens is 1. The number of carbonyl (C=O) groups is 1. The second kappa shape index (κ2) is 3.23. The molecule has 0 radical (unpaired) electrons. The highest BCUT2D eigenvalue weighted by atomic mass is 35.5. The summed E-state index contributed by atoms with van der Waals surface area (Å²) in [5.41, 5.74) is 6.43. The number of nitrogens with two attached hydrogens (primary N) is 1. The maximum atomic E-state index is 10.6. The maximum Gasteiger partial charge on any atom is 0.316 e. The van der Waals surface area contributed by atoms with Crippen LogP contribution in [0.2, 0.25) is 5.02 Å². The number of hydrogen-bond acceptors (Lipinski definition) is 1. The van der Waals surface area contributed by atoms with Gasteiger partial charge in [0.1, 0.15) is 0 Å². The molecule has 72 valence electrons. The number of rotatable bonds is 1. The lowest BCUT2D eigenvalue weighted by atomic mass is 10.2. The number of carbonyl (C=O) groups excluding carboxylic acids is 1. The molecule has 0 aliphatic rings. The molecule has 1 aromatic carbocycles. The Kier molecular flexibility index (Phi) is 2.05. The molecule has 2 aromatic rings. The number of aromatic amines is 1. The van der Waals surface area contributed by atoms with Gasteiger partial charge in [-0.3, -0.25) is 0 Å². The fourth-order valence-electron chi connectivity index (χ4n) is 1.34. The van der Waals surface area contributed by atoms with Crippen LogP contribution in [0.1, 0.15) is 0 Å². The minimum atomic E-state index is -0.605. The number of amides is 2. The van der Waals surface area contributed by atoms with Crippen molar-refractivity contribution in [3.63, 3.8) is 0 Å². The van der Waals surface area contributed by atoms with Crippen LogP contribution in [0.25, 0.3) is 10.9 Å². The van der Waals surface area contributed by atoms with Crippen molar-refractivity contribution in [1.82, 2.24) is 4.98 Å². The second-order valence-electron chi connectivity index (χ2n) is 2.89. The third-order valence-corrected chi connectivity index (χ3v) is 2.20. The van der Waals surface area contributed by atoms with E-state index in [1.165, 1.54) is 0 Å². The smallest absolute Gasteiger partial charge is 0.316 e. The van der Waals surface area contributed by atoms with Crippen LogP contribution in [0.5, 0.6) is 0 Å². The first kappa shape index (κ1) is 8.90. The number of anilines is 1. The van der Waals surface area contributed by atoms with E-state index < -0.39 is 6.03 Å². The van der Waals surface area contributed by atoms with E-state index in [0.717, 1.165) is 10.9 Å². The molecule has 1 heterocycles. The van der Waals surface area contributed by atoms with Crippen molar-refractivity contribution >= 4 is 34.2 Å². The summed E-state index contributed by atoms with van der Waals surface area (Å²) in [5, 5.41) is 3.96. The molecule has 14 heavy (non-hydrogen) atoms. The SMILES string of the molecule is NC(=O)Nc1cc(Cl)c2cc[nH]c2c1. The molecule has 2 rings (SSSR count). The van der Waals surface area contributed by atoms with E-state index in [0.29, 0.717) is 10.7 Å². The molecule has 0 spiro atoms. The quantitative estimate of drug-likeness (QED) is 0.663. The highest BCUT2D eigenvalue weighted by molar-refractivity contribution is 6.35. The number of hydrogen-bond donors (Lipinski definition) is 3. The highest BCUT2D eigenvalue weighted by Crippen LogP contribution is 2.26. The average Bonchev–Trinajstić information content (AvgIpc) is 2.50. The molecule has 5 heteroatoms. The van der Waals surface area contributed by atoms with Gasteiger partial charge in [-0.2, -0.15) is 0 Å². The van der Waals surface area contributed by atoms with Crippen molar-refractivity contribution in [1.29, 1.82) is 0 Å². The van der Waals surface area contributed by atoms with Gasteiger partial charge in [-0.1, -0.05) is 11.6 Å². The largest absolute Gasteiger partial charge is 0.361 e. The number of aromatic nitrogens is 1. The Morgan fingerprint density at radius 2 is 2.29 bits per heavy atom. The summed E-state index contributed by atoms with van der Waals surface area (Å²) >= 11 is 5.97. The van der Waals surface area contributed by atoms with Crippen LogP contribution in [0.15, 0.2) is 24.4 Å². The number of fused-ring (bicyclic) bond motifs is 1. The van der Waals surface area contributed by atoms with Crippen LogP contribution >= 0.6 is 11.6 Å². The Hall–Kier alpha value is -1.68. The minimum Gasteiger partial charge on any atom is -0.361 e. The minimum absolute atomic E-state index is 0.576. The van der Waals surface area contributed by atoms with E-state index in [9.17, 15) is 4.79 Å². The number of primary amides is 1. The number of urea groups is 1. The summed E-state index contributed by atoms with van der Waals surface area (Å²) in [5.74, 6) is 0. The summed E-state index contributed by atoms with van der Waals surface area (Å²) < 4.78 is 0. The molecule has 0 fully saturated rings. The molecule has 0 unspecified atom stereocenters. The number of benzene rings is 1. The molecule has 0 bridgehead atoms. The van der Waals surface area contributed by atoms with Gasteiger partial charge >= 0.3 is 6.03 Å². The zero-order valence-electron chi connectivity index (χ0n) is 7.17. The highest BCUT2D eigenvalue weighted by Gasteiger charge is 2.03. The van der Waals surface area contributed by atoms with Gasteiger partial charge in [0.2, 0.25) is 0 Å². The Bertz CT molecular complexity index is 492. The fraction of sp³-hybridized carbons (Fsp3) is 0. The maximum absolute atomic E-state index is 10.6. The molecule has 1 aromatic heterocycles. The zero-order chi connectivity index (χ0) is 10.1. The van der Waals surface area contributed by atoms with E-state index in [-0.39, 0.29) is 0 Å². The third-order valence-electron chi connectivity index (χ3n) is 1.89. The predicted octanol–water partition coefficient (Wildman–Crippen LogP) is 2.31. The van der Waals surface area contributed by atoms with Crippen molar-refractivity contribution < 1.29 is 4.79 Å². The Morgan fingerprint density at radius 3 is 3.00 bits per heavy atom. The lowest BCUT2D eigenvalue weighted by molar-refractivity contribution is 0.259. The van der Waals surface area contributed by atoms with Crippen molar-refractivity contribution in [2.24, 2.45) is 5.73 Å². The zero-order valence-corrected chi connectivity index (χ0v) is 7.93. The normalized spacial score (nSPS) is 10.4. The monoisotopic (exact) mass is 209 g/mol. The van der Waals surface area contributed by atoms with Gasteiger partial charge in [-0.15, -0.1) is 0 Å². The van der Waals surface area contributed by atoms with Crippen molar-refractivity contribution in [3.8, 4) is 0 Å². The third kappa shape index (κ3) is 1.52. The lowest BCUT2D eigenvalue weighted by Gasteiger charge is -2.02. The van der Waals surface area contributed by atoms with Crippen molar-refractivity contribution in [3.05, 3.63) is 29.4 Å². The number of nitrogens with one attached hydrogen (secondary N) is 2. The first-order chi connectivity index (χ1) is 6.66. The molecule has 0 aliphatic carbocycles. The van der Waals surface area contributed by atoms with E-state index in [1.807, 2.05) is 6.07 Å². The van der Waals surface area contributed by atoms with Crippen LogP contribution < -0.4 is 11.1 Å². The molecular weight excluding hydrogens is 202 g/mol. The van der Waals surface area contributed by atoms with Gasteiger partial charge in [0.15, 0.2) is 0 Å². The topological polar surface area (TPSA) is 70.9 Å². The predicted molar refractivity (Wildman–Crippen MR) is 56.5 cm³/mol. The first-order valence-corrected chi connectivity index (χ1v) is 4.38. The second-order valence-corrected chi connectivity index (χ2v) is 3.29. The van der Waals surface area contributed by atoms with E-state index in [4.69, 9.17) is 17.3 Å². The average molecular weight is 210 g/mol. The molecule has 4 N–H and O–H groups in total. The van der Waals surface area contributed by atoms with E-state index in [1.54, 1.807) is 18.3 Å². The van der Waals surface area contributed by atoms with Crippen LogP contribution in [0.3, 0.4) is 0 Å². The van der Waals surface area contributed by atoms with Gasteiger partial charge < -0.3 is 16.0 Å². The summed E-state index contributed by atoms with van der Waals surface area (Å²) in [6, 6.07) is 4.69. The fourth-order valence-corrected chi connectivity index (χ4v) is 1.62. The van der Waals surface area contributed by atoms with E-state index >= 15 is 0 Å². The summed E-state index contributed by atoms with van der Waals surface area (Å²) in [4.78, 5) is 13.6. The molecule has 0 atom stereocenters. The molecule has 4 nitrogen and oxygen atoms in total. The number of halogens is 1. The van der Waals surface area contributed by atoms with Gasteiger partial charge in [0, 0.05) is 22.8 Å². The molecule has 2 amide bonds. The van der Waals surface area contributed by atoms with Gasteiger partial charge in [0.05, 0.1) is 5.02 Å². The van der Waals surface area contributed by atoms with Crippen molar-refractivity contribution in [2.45, 2.75) is 0 Å². The first-order valence-electron chi connectivity index (χ1n) is 4.00. The standard InChI is InChI=1S/C9H8ClN3O/c10-7-3-5(13-9(11)14)4-8-6(7)1-2-12-8/h1-4,12H,(H3,11,13,14). The molecule has 0 aliphatic heterocycles. The van der Waals surface area contributed by atoms with Crippen molar-refractivity contribution in [2.75, 3.05) is 5.32 Å². The van der Waals surface area contributed by atoms with Crippen LogP contribution in [-0.2, 0) is 0 Å². The molecular formula is C9H8ClN3O. The van der Waals surface area contributed by atoms with Crippen LogP contribution in [0.4, 0.5) is 10.5 Å². The summed E-state index contributed by atoms with van der Waals surface area (Å²) in [6.45, 7) is 0. The van der Waals surface area contributed by atoms with Gasteiger partial charge in [-0.25, -0.2) is 4.79 Å². The summed E-state index contributed by atoms with van der Waals surface area (Å²) in [7, 11) is 0. The lowest BCUT2D eigenvalue weighted by Crippen LogP contribution is -2.19. The van der Waals surface area contributed by atoms with E-state index in [2.05, 4.69) is 10.3 Å². The molecule has 0 saturated carbocycles. The summed E-state index contributed by atoms with van der Waals surface area (Å²) in [6.07, 6.45) is 1.78. The van der Waals surface area contributed by atoms with Crippen LogP contribution in [0, 0.1) is 0 Å². The van der Waals surface area contributed by atoms with Gasteiger partial charge in [0.25, 0.3) is 0 Å². The van der Waals surface area contributed by atoms with Gasteiger partial charge in [-0.05, 0) is 18.2 Å².